The van der Waals surface area contributed by atoms with Crippen LogP contribution in [0.15, 0.2) is 21.0 Å². The van der Waals surface area contributed by atoms with Crippen molar-refractivity contribution in [1.82, 2.24) is 5.32 Å². The summed E-state index contributed by atoms with van der Waals surface area (Å²) in [6.07, 6.45) is 3.40. The Kier molecular flexibility index (Phi) is 3.15. The second kappa shape index (κ2) is 5.06. The van der Waals surface area contributed by atoms with Gasteiger partial charge in [-0.05, 0) is 64.3 Å². The molecule has 1 saturated heterocycles. The van der Waals surface area contributed by atoms with Crippen LogP contribution in [0, 0.1) is 19.8 Å². The van der Waals surface area contributed by atoms with Gasteiger partial charge in [0, 0.05) is 10.9 Å². The third-order valence-corrected chi connectivity index (χ3v) is 4.67. The summed E-state index contributed by atoms with van der Waals surface area (Å²) in [7, 11) is 0. The van der Waals surface area contributed by atoms with Gasteiger partial charge in [-0.2, -0.15) is 0 Å². The van der Waals surface area contributed by atoms with Crippen LogP contribution >= 0.6 is 0 Å². The van der Waals surface area contributed by atoms with Crippen molar-refractivity contribution in [1.29, 1.82) is 0 Å². The maximum Gasteiger partial charge on any atom is 0.177 e. The lowest BCUT2D eigenvalue weighted by Gasteiger charge is -2.23. The molecule has 2 N–H and O–H groups in total. The van der Waals surface area contributed by atoms with Gasteiger partial charge in [-0.15, -0.1) is 0 Å². The van der Waals surface area contributed by atoms with Crippen LogP contribution in [-0.4, -0.2) is 18.2 Å². The fourth-order valence-corrected chi connectivity index (χ4v) is 3.66. The standard InChI is InChI=1S/C18H21NO3/c1-10-6-13-14(8-12-4-3-5-19-9-12)17-15(7-11(2)21-17)16(20)18(13)22-10/h6-7,12,19-20H,3-5,8-9H2,1-2H3. The van der Waals surface area contributed by atoms with Crippen molar-refractivity contribution < 1.29 is 13.9 Å². The van der Waals surface area contributed by atoms with Gasteiger partial charge in [0.25, 0.3) is 0 Å². The average molecular weight is 299 g/mol. The molecule has 1 unspecified atom stereocenters. The second-order valence-corrected chi connectivity index (χ2v) is 6.44. The number of aromatic hydroxyl groups is 1. The molecule has 22 heavy (non-hydrogen) atoms. The lowest BCUT2D eigenvalue weighted by molar-refractivity contribution is 0.376. The topological polar surface area (TPSA) is 58.5 Å². The Morgan fingerprint density at radius 3 is 2.59 bits per heavy atom. The normalized spacial score (nSPS) is 19.3. The zero-order valence-electron chi connectivity index (χ0n) is 13.0. The highest BCUT2D eigenvalue weighted by molar-refractivity contribution is 6.04. The number of phenols is 1. The van der Waals surface area contributed by atoms with Gasteiger partial charge in [-0.1, -0.05) is 0 Å². The van der Waals surface area contributed by atoms with Gasteiger partial charge < -0.3 is 19.3 Å². The van der Waals surface area contributed by atoms with Crippen LogP contribution in [0.1, 0.15) is 29.9 Å². The zero-order valence-corrected chi connectivity index (χ0v) is 13.0. The zero-order chi connectivity index (χ0) is 15.3. The fourth-order valence-electron chi connectivity index (χ4n) is 3.66. The van der Waals surface area contributed by atoms with E-state index >= 15 is 0 Å². The highest BCUT2D eigenvalue weighted by Crippen LogP contribution is 2.41. The number of hydrogen-bond acceptors (Lipinski definition) is 4. The molecule has 0 radical (unpaired) electrons. The van der Waals surface area contributed by atoms with Crippen LogP contribution in [0.3, 0.4) is 0 Å². The Hall–Kier alpha value is -1.94. The number of nitrogens with one attached hydrogen (secondary N) is 1. The predicted molar refractivity (Wildman–Crippen MR) is 86.4 cm³/mol. The first-order chi connectivity index (χ1) is 10.6. The maximum absolute atomic E-state index is 10.5. The number of furan rings is 2. The molecule has 1 aliphatic heterocycles. The highest BCUT2D eigenvalue weighted by Gasteiger charge is 2.23. The molecule has 1 fully saturated rings. The van der Waals surface area contributed by atoms with Gasteiger partial charge in [-0.25, -0.2) is 0 Å². The largest absolute Gasteiger partial charge is 0.504 e. The molecule has 4 heteroatoms. The molecule has 2 aromatic heterocycles. The van der Waals surface area contributed by atoms with E-state index in [1.807, 2.05) is 26.0 Å². The molecule has 4 nitrogen and oxygen atoms in total. The number of piperidine rings is 1. The minimum Gasteiger partial charge on any atom is -0.504 e. The average Bonchev–Trinajstić information content (AvgIpc) is 3.08. The molecule has 1 atom stereocenters. The molecule has 0 saturated carbocycles. The molecule has 0 bridgehead atoms. The first-order valence-corrected chi connectivity index (χ1v) is 7.98. The number of benzene rings is 1. The van der Waals surface area contributed by atoms with E-state index in [-0.39, 0.29) is 5.75 Å². The van der Waals surface area contributed by atoms with Crippen molar-refractivity contribution in [2.75, 3.05) is 13.1 Å². The fraction of sp³-hybridized carbons (Fsp3) is 0.444. The predicted octanol–water partition coefficient (Wildman–Crippen LogP) is 4.04. The van der Waals surface area contributed by atoms with E-state index in [1.165, 1.54) is 18.4 Å². The summed E-state index contributed by atoms with van der Waals surface area (Å²) < 4.78 is 11.7. The monoisotopic (exact) mass is 299 g/mol. The first-order valence-electron chi connectivity index (χ1n) is 7.98. The van der Waals surface area contributed by atoms with Crippen LogP contribution in [0.2, 0.25) is 0 Å². The van der Waals surface area contributed by atoms with Gasteiger partial charge in [0.15, 0.2) is 11.3 Å². The Labute approximate surface area is 129 Å². The van der Waals surface area contributed by atoms with E-state index in [2.05, 4.69) is 5.32 Å². The maximum atomic E-state index is 10.5. The summed E-state index contributed by atoms with van der Waals surface area (Å²) in [6, 6.07) is 3.91. The van der Waals surface area contributed by atoms with Crippen molar-refractivity contribution >= 4 is 21.9 Å². The van der Waals surface area contributed by atoms with Crippen LogP contribution in [0.25, 0.3) is 21.9 Å². The highest BCUT2D eigenvalue weighted by atomic mass is 16.4. The lowest BCUT2D eigenvalue weighted by atomic mass is 9.90. The van der Waals surface area contributed by atoms with Gasteiger partial charge >= 0.3 is 0 Å². The number of phenolic OH excluding ortho intramolecular Hbond substituents is 1. The van der Waals surface area contributed by atoms with Crippen molar-refractivity contribution in [2.45, 2.75) is 33.1 Å². The third kappa shape index (κ3) is 2.10. The van der Waals surface area contributed by atoms with Crippen molar-refractivity contribution in [2.24, 2.45) is 5.92 Å². The molecule has 0 amide bonds. The summed E-state index contributed by atoms with van der Waals surface area (Å²) >= 11 is 0. The number of fused-ring (bicyclic) bond motifs is 2. The number of hydrogen-bond donors (Lipinski definition) is 2. The van der Waals surface area contributed by atoms with Gasteiger partial charge in [0.2, 0.25) is 0 Å². The molecule has 0 aliphatic carbocycles. The second-order valence-electron chi connectivity index (χ2n) is 6.44. The quantitative estimate of drug-likeness (QED) is 0.749. The minimum absolute atomic E-state index is 0.195. The molecule has 4 rings (SSSR count). The molecular weight excluding hydrogens is 278 g/mol. The van der Waals surface area contributed by atoms with E-state index in [9.17, 15) is 5.11 Å². The van der Waals surface area contributed by atoms with Gasteiger partial charge in [-0.3, -0.25) is 0 Å². The SMILES string of the molecule is Cc1cc2c(CC3CCCNC3)c3oc(C)cc3c(O)c2o1. The van der Waals surface area contributed by atoms with Crippen LogP contribution in [-0.2, 0) is 6.42 Å². The van der Waals surface area contributed by atoms with Crippen LogP contribution in [0.5, 0.6) is 5.75 Å². The van der Waals surface area contributed by atoms with Gasteiger partial charge in [0.1, 0.15) is 17.1 Å². The Morgan fingerprint density at radius 2 is 1.86 bits per heavy atom. The van der Waals surface area contributed by atoms with E-state index in [0.717, 1.165) is 47.4 Å². The van der Waals surface area contributed by atoms with Crippen molar-refractivity contribution in [3.8, 4) is 5.75 Å². The van der Waals surface area contributed by atoms with Crippen LogP contribution < -0.4 is 5.32 Å². The summed E-state index contributed by atoms with van der Waals surface area (Å²) in [5.74, 6) is 2.43. The molecule has 116 valence electrons. The van der Waals surface area contributed by atoms with E-state index < -0.39 is 0 Å². The van der Waals surface area contributed by atoms with Crippen molar-refractivity contribution in [3.63, 3.8) is 0 Å². The summed E-state index contributed by atoms with van der Waals surface area (Å²) in [6.45, 7) is 5.98. The Morgan fingerprint density at radius 1 is 1.14 bits per heavy atom. The molecule has 3 heterocycles. The lowest BCUT2D eigenvalue weighted by Crippen LogP contribution is -2.30. The van der Waals surface area contributed by atoms with Gasteiger partial charge in [0.05, 0.1) is 5.39 Å². The third-order valence-electron chi connectivity index (χ3n) is 4.67. The smallest absolute Gasteiger partial charge is 0.177 e. The number of aryl methyl sites for hydroxylation is 2. The summed E-state index contributed by atoms with van der Waals surface area (Å²) in [5, 5.41) is 15.7. The molecule has 1 aromatic carbocycles. The Balaban J connectivity index is 1.93. The first kappa shape index (κ1) is 13.7. The van der Waals surface area contributed by atoms with Crippen molar-refractivity contribution in [3.05, 3.63) is 29.2 Å². The molecular formula is C18H21NO3. The Bertz CT molecular complexity index is 779. The van der Waals surface area contributed by atoms with E-state index in [4.69, 9.17) is 8.83 Å². The summed E-state index contributed by atoms with van der Waals surface area (Å²) in [5.41, 5.74) is 2.57. The number of rotatable bonds is 2. The minimum atomic E-state index is 0.195. The van der Waals surface area contributed by atoms with Crippen LogP contribution in [0.4, 0.5) is 0 Å². The van der Waals surface area contributed by atoms with E-state index in [1.54, 1.807) is 0 Å². The molecule has 3 aromatic rings. The summed E-state index contributed by atoms with van der Waals surface area (Å²) in [4.78, 5) is 0. The van der Waals surface area contributed by atoms with E-state index in [0.29, 0.717) is 11.5 Å². The molecule has 0 spiro atoms. The molecule has 1 aliphatic rings.